The summed E-state index contributed by atoms with van der Waals surface area (Å²) in [5.74, 6) is 0.347. The lowest BCUT2D eigenvalue weighted by Crippen LogP contribution is -2.22. The summed E-state index contributed by atoms with van der Waals surface area (Å²) >= 11 is 1.19. The van der Waals surface area contributed by atoms with Gasteiger partial charge in [-0.25, -0.2) is 4.79 Å². The predicted molar refractivity (Wildman–Crippen MR) is 127 cm³/mol. The number of hydrogen-bond donors (Lipinski definition) is 2. The number of anilines is 1. The standard InChI is InChI=1S/C25H25NO6S/c1-13(2)32-19-11-15(7-10-18(19)31-4)17-12-20(27)26-22-21(24(25(28)29)33-23(17)22)14-5-8-16(30-3)9-6-14/h5-11,13,17H,12H2,1-4H3,(H,26,27)(H,28,29). The van der Waals surface area contributed by atoms with Gasteiger partial charge in [0.25, 0.3) is 0 Å². The number of carbonyl (C=O) groups is 2. The third-order valence-electron chi connectivity index (χ3n) is 5.43. The normalized spacial score (nSPS) is 15.1. The maximum atomic E-state index is 12.7. The molecular formula is C25H25NO6S. The van der Waals surface area contributed by atoms with Crippen LogP contribution in [-0.2, 0) is 4.79 Å². The molecule has 3 aromatic rings. The van der Waals surface area contributed by atoms with Crippen molar-refractivity contribution in [3.63, 3.8) is 0 Å². The van der Waals surface area contributed by atoms with Crippen molar-refractivity contribution in [3.05, 3.63) is 57.8 Å². The van der Waals surface area contributed by atoms with Gasteiger partial charge >= 0.3 is 5.97 Å². The molecule has 0 bridgehead atoms. The Morgan fingerprint density at radius 1 is 1.09 bits per heavy atom. The highest BCUT2D eigenvalue weighted by molar-refractivity contribution is 7.15. The Bertz CT molecular complexity index is 1200. The highest BCUT2D eigenvalue weighted by atomic mass is 32.1. The Labute approximate surface area is 195 Å². The van der Waals surface area contributed by atoms with Crippen LogP contribution in [-0.4, -0.2) is 37.3 Å². The molecule has 0 spiro atoms. The van der Waals surface area contributed by atoms with Gasteiger partial charge < -0.3 is 24.6 Å². The fraction of sp³-hybridized carbons (Fsp3) is 0.280. The van der Waals surface area contributed by atoms with Crippen LogP contribution in [0, 0.1) is 0 Å². The van der Waals surface area contributed by atoms with Crippen LogP contribution in [0.3, 0.4) is 0 Å². The molecule has 1 unspecified atom stereocenters. The second kappa shape index (κ2) is 9.15. The number of amides is 1. The van der Waals surface area contributed by atoms with Crippen molar-refractivity contribution < 1.29 is 28.9 Å². The van der Waals surface area contributed by atoms with E-state index in [4.69, 9.17) is 14.2 Å². The molecule has 0 aliphatic carbocycles. The number of carboxylic acid groups (broad SMARTS) is 1. The molecule has 0 saturated heterocycles. The molecule has 33 heavy (non-hydrogen) atoms. The van der Waals surface area contributed by atoms with Crippen LogP contribution in [0.25, 0.3) is 11.1 Å². The fourth-order valence-corrected chi connectivity index (χ4v) is 5.24. The lowest BCUT2D eigenvalue weighted by Gasteiger charge is -2.25. The molecule has 0 fully saturated rings. The third-order valence-corrected chi connectivity index (χ3v) is 6.72. The van der Waals surface area contributed by atoms with Crippen LogP contribution in [0.2, 0.25) is 0 Å². The van der Waals surface area contributed by atoms with E-state index in [1.54, 1.807) is 38.5 Å². The monoisotopic (exact) mass is 467 g/mol. The van der Waals surface area contributed by atoms with Crippen molar-refractivity contribution in [2.24, 2.45) is 0 Å². The van der Waals surface area contributed by atoms with E-state index < -0.39 is 5.97 Å². The summed E-state index contributed by atoms with van der Waals surface area (Å²) in [5, 5.41) is 12.9. The van der Waals surface area contributed by atoms with Gasteiger partial charge in [-0.3, -0.25) is 4.79 Å². The first-order valence-corrected chi connectivity index (χ1v) is 11.3. The number of hydrogen-bond acceptors (Lipinski definition) is 6. The fourth-order valence-electron chi connectivity index (χ4n) is 4.00. The first-order valence-electron chi connectivity index (χ1n) is 10.5. The van der Waals surface area contributed by atoms with Crippen LogP contribution in [0.5, 0.6) is 17.2 Å². The first-order chi connectivity index (χ1) is 15.8. The van der Waals surface area contributed by atoms with Crippen molar-refractivity contribution >= 4 is 28.9 Å². The van der Waals surface area contributed by atoms with E-state index in [2.05, 4.69) is 5.32 Å². The first kappa shape index (κ1) is 22.7. The van der Waals surface area contributed by atoms with Gasteiger partial charge in [0, 0.05) is 22.8 Å². The number of fused-ring (bicyclic) bond motifs is 1. The van der Waals surface area contributed by atoms with E-state index in [-0.39, 0.29) is 29.2 Å². The number of aromatic carboxylic acids is 1. The van der Waals surface area contributed by atoms with Crippen LogP contribution in [0.1, 0.15) is 46.3 Å². The van der Waals surface area contributed by atoms with E-state index in [9.17, 15) is 14.7 Å². The second-order valence-corrected chi connectivity index (χ2v) is 9.01. The number of benzene rings is 2. The van der Waals surface area contributed by atoms with Crippen molar-refractivity contribution in [2.75, 3.05) is 19.5 Å². The molecule has 1 amide bonds. The maximum Gasteiger partial charge on any atom is 0.346 e. The molecule has 172 valence electrons. The van der Waals surface area contributed by atoms with E-state index in [1.165, 1.54) is 11.3 Å². The van der Waals surface area contributed by atoms with Crippen molar-refractivity contribution in [1.82, 2.24) is 0 Å². The smallest absolute Gasteiger partial charge is 0.346 e. The molecule has 1 atom stereocenters. The molecular weight excluding hydrogens is 442 g/mol. The number of carboxylic acids is 1. The molecule has 0 saturated carbocycles. The summed E-state index contributed by atoms with van der Waals surface area (Å²) in [6.07, 6.45) is 0.156. The summed E-state index contributed by atoms with van der Waals surface area (Å²) in [4.78, 5) is 25.9. The average Bonchev–Trinajstić information content (AvgIpc) is 3.17. The van der Waals surface area contributed by atoms with Crippen molar-refractivity contribution in [1.29, 1.82) is 0 Å². The topological polar surface area (TPSA) is 94.1 Å². The molecule has 2 aromatic carbocycles. The van der Waals surface area contributed by atoms with E-state index in [0.717, 1.165) is 10.4 Å². The molecule has 4 rings (SSSR count). The molecule has 7 nitrogen and oxygen atoms in total. The largest absolute Gasteiger partial charge is 0.497 e. The van der Waals surface area contributed by atoms with Crippen LogP contribution in [0.15, 0.2) is 42.5 Å². The zero-order valence-electron chi connectivity index (χ0n) is 18.8. The van der Waals surface area contributed by atoms with Crippen molar-refractivity contribution in [2.45, 2.75) is 32.3 Å². The number of methoxy groups -OCH3 is 2. The highest BCUT2D eigenvalue weighted by Gasteiger charge is 2.35. The highest BCUT2D eigenvalue weighted by Crippen LogP contribution is 2.50. The molecule has 1 aromatic heterocycles. The van der Waals surface area contributed by atoms with Crippen LogP contribution in [0.4, 0.5) is 5.69 Å². The Hall–Kier alpha value is -3.52. The van der Waals surface area contributed by atoms with Gasteiger partial charge in [-0.15, -0.1) is 11.3 Å². The van der Waals surface area contributed by atoms with E-state index >= 15 is 0 Å². The zero-order chi connectivity index (χ0) is 23.7. The minimum Gasteiger partial charge on any atom is -0.497 e. The van der Waals surface area contributed by atoms with Gasteiger partial charge in [-0.1, -0.05) is 18.2 Å². The van der Waals surface area contributed by atoms with Gasteiger partial charge in [-0.05, 0) is 49.2 Å². The molecule has 1 aliphatic heterocycles. The number of nitrogens with one attached hydrogen (secondary N) is 1. The Morgan fingerprint density at radius 2 is 1.82 bits per heavy atom. The molecule has 2 heterocycles. The van der Waals surface area contributed by atoms with Gasteiger partial charge in [0.05, 0.1) is 26.0 Å². The summed E-state index contributed by atoms with van der Waals surface area (Å²) in [7, 11) is 3.15. The maximum absolute atomic E-state index is 12.7. The van der Waals surface area contributed by atoms with Gasteiger partial charge in [0.15, 0.2) is 11.5 Å². The number of carbonyl (C=O) groups excluding carboxylic acids is 1. The minimum absolute atomic E-state index is 0.0543. The average molecular weight is 468 g/mol. The lowest BCUT2D eigenvalue weighted by atomic mass is 9.88. The van der Waals surface area contributed by atoms with E-state index in [1.807, 2.05) is 32.0 Å². The lowest BCUT2D eigenvalue weighted by molar-refractivity contribution is -0.116. The Kier molecular flexibility index (Phi) is 6.29. The van der Waals surface area contributed by atoms with Crippen LogP contribution >= 0.6 is 11.3 Å². The quantitative estimate of drug-likeness (QED) is 0.484. The zero-order valence-corrected chi connectivity index (χ0v) is 19.6. The summed E-state index contributed by atoms with van der Waals surface area (Å²) in [6.45, 7) is 3.86. The Morgan fingerprint density at radius 3 is 2.42 bits per heavy atom. The number of rotatable bonds is 7. The molecule has 0 radical (unpaired) electrons. The van der Waals surface area contributed by atoms with E-state index in [0.29, 0.717) is 34.1 Å². The Balaban J connectivity index is 1.86. The van der Waals surface area contributed by atoms with Crippen LogP contribution < -0.4 is 19.5 Å². The summed E-state index contributed by atoms with van der Waals surface area (Å²) < 4.78 is 16.6. The summed E-state index contributed by atoms with van der Waals surface area (Å²) in [5.41, 5.74) is 2.62. The van der Waals surface area contributed by atoms with Crippen molar-refractivity contribution in [3.8, 4) is 28.4 Å². The van der Waals surface area contributed by atoms with Gasteiger partial charge in [0.1, 0.15) is 10.6 Å². The predicted octanol–water partition coefficient (Wildman–Crippen LogP) is 5.39. The number of thiophene rings is 1. The minimum atomic E-state index is -1.04. The van der Waals surface area contributed by atoms with Gasteiger partial charge in [-0.2, -0.15) is 0 Å². The third kappa shape index (κ3) is 4.39. The molecule has 2 N–H and O–H groups in total. The number of ether oxygens (including phenoxy) is 3. The molecule has 1 aliphatic rings. The summed E-state index contributed by atoms with van der Waals surface area (Å²) in [6, 6.07) is 12.7. The molecule has 8 heteroatoms. The SMILES string of the molecule is COc1ccc(-c2c(C(=O)O)sc3c2NC(=O)CC3c2ccc(OC)c(OC(C)C)c2)cc1. The second-order valence-electron chi connectivity index (χ2n) is 7.96. The van der Waals surface area contributed by atoms with Gasteiger partial charge in [0.2, 0.25) is 5.91 Å².